The summed E-state index contributed by atoms with van der Waals surface area (Å²) in [6.45, 7) is -1.31. The van der Waals surface area contributed by atoms with Crippen LogP contribution in [0.25, 0.3) is 11.1 Å². The first kappa shape index (κ1) is 24.6. The summed E-state index contributed by atoms with van der Waals surface area (Å²) in [7, 11) is -3.35. The lowest BCUT2D eigenvalue weighted by atomic mass is 9.92. The summed E-state index contributed by atoms with van der Waals surface area (Å²) < 4.78 is 63.8. The molecule has 0 spiro atoms. The number of hydrogen-bond donors (Lipinski definition) is 3. The van der Waals surface area contributed by atoms with Gasteiger partial charge < -0.3 is 15.5 Å². The molecule has 1 aliphatic carbocycles. The minimum Gasteiger partial charge on any atom is -0.386 e. The highest BCUT2D eigenvalue weighted by molar-refractivity contribution is 7.90. The summed E-state index contributed by atoms with van der Waals surface area (Å²) in [6, 6.07) is 7.98. The van der Waals surface area contributed by atoms with Crippen LogP contribution in [0.4, 0.5) is 13.2 Å². The molecule has 1 saturated carbocycles. The first-order valence-corrected chi connectivity index (χ1v) is 12.2. The fourth-order valence-corrected chi connectivity index (χ4v) is 5.79. The lowest BCUT2D eigenvalue weighted by Crippen LogP contribution is -2.62. The number of benzene rings is 1. The molecular formula is C22H24F3N3O5S. The van der Waals surface area contributed by atoms with Gasteiger partial charge in [-0.25, -0.2) is 12.8 Å². The van der Waals surface area contributed by atoms with Crippen molar-refractivity contribution in [2.24, 2.45) is 0 Å². The third kappa shape index (κ3) is 4.81. The minimum atomic E-state index is -3.35. The van der Waals surface area contributed by atoms with Crippen molar-refractivity contribution in [1.82, 2.24) is 14.6 Å². The van der Waals surface area contributed by atoms with Gasteiger partial charge in [0.05, 0.1) is 17.0 Å². The summed E-state index contributed by atoms with van der Waals surface area (Å²) in [5.74, 6) is -1.66. The van der Waals surface area contributed by atoms with Gasteiger partial charge in [0.15, 0.2) is 0 Å². The maximum absolute atomic E-state index is 13.2. The van der Waals surface area contributed by atoms with Crippen molar-refractivity contribution in [3.05, 3.63) is 53.9 Å². The Kier molecular flexibility index (Phi) is 6.69. The largest absolute Gasteiger partial charge is 0.386 e. The average molecular weight is 500 g/mol. The number of aliphatic hydroxyl groups excluding tert-OH is 1. The van der Waals surface area contributed by atoms with Crippen LogP contribution in [0.15, 0.2) is 42.6 Å². The number of amides is 1. The maximum atomic E-state index is 13.2. The molecule has 2 heterocycles. The molecule has 2 aliphatic rings. The highest BCUT2D eigenvalue weighted by atomic mass is 32.2. The number of alkyl halides is 3. The van der Waals surface area contributed by atoms with Crippen LogP contribution in [0, 0.1) is 0 Å². The van der Waals surface area contributed by atoms with E-state index in [0.29, 0.717) is 29.7 Å². The fraction of sp³-hybridized carbons (Fsp3) is 0.455. The van der Waals surface area contributed by atoms with E-state index in [1.54, 1.807) is 29.6 Å². The molecule has 8 nitrogen and oxygen atoms in total. The van der Waals surface area contributed by atoms with E-state index in [2.05, 4.69) is 4.98 Å². The molecule has 3 N–H and O–H groups in total. The number of carbonyl (C=O) groups is 1. The van der Waals surface area contributed by atoms with Crippen LogP contribution in [0.2, 0.25) is 0 Å². The predicted molar refractivity (Wildman–Crippen MR) is 116 cm³/mol. The number of aromatic nitrogens is 1. The first-order valence-electron chi connectivity index (χ1n) is 10.7. The standard InChI is InChI=1S/C22H24F3N3O5S/c23-9-17(27-21(30)20(24)25)19(29)14-3-1-13(2-4-14)15-5-8-18(26-10-15)22(31)11-28(12-22)34(32,33)16-6-7-16/h1-5,8,10,16-17,19-20,29,31H,6-7,9,11-12H2,(H,27,30). The lowest BCUT2D eigenvalue weighted by molar-refractivity contribution is -0.133. The van der Waals surface area contributed by atoms with E-state index >= 15 is 0 Å². The van der Waals surface area contributed by atoms with Crippen molar-refractivity contribution in [2.75, 3.05) is 19.8 Å². The Morgan fingerprint density at radius 3 is 2.26 bits per heavy atom. The smallest absolute Gasteiger partial charge is 0.315 e. The molecule has 2 unspecified atom stereocenters. The number of aliphatic hydroxyl groups is 2. The topological polar surface area (TPSA) is 120 Å². The number of carbonyl (C=O) groups excluding carboxylic acids is 1. The Morgan fingerprint density at radius 1 is 1.15 bits per heavy atom. The molecule has 2 atom stereocenters. The second kappa shape index (κ2) is 9.25. The molecule has 2 fully saturated rings. The van der Waals surface area contributed by atoms with E-state index < -0.39 is 46.8 Å². The van der Waals surface area contributed by atoms with Gasteiger partial charge in [-0.1, -0.05) is 30.3 Å². The second-order valence-corrected chi connectivity index (χ2v) is 10.8. The monoisotopic (exact) mass is 499 g/mol. The van der Waals surface area contributed by atoms with Crippen molar-refractivity contribution in [2.45, 2.75) is 42.3 Å². The zero-order valence-corrected chi connectivity index (χ0v) is 18.8. The number of nitrogens with one attached hydrogen (secondary N) is 1. The Morgan fingerprint density at radius 2 is 1.76 bits per heavy atom. The zero-order chi connectivity index (χ0) is 24.7. The second-order valence-electron chi connectivity index (χ2n) is 8.61. The van der Waals surface area contributed by atoms with Crippen molar-refractivity contribution in [1.29, 1.82) is 0 Å². The Hall–Kier alpha value is -2.54. The summed E-state index contributed by atoms with van der Waals surface area (Å²) >= 11 is 0. The van der Waals surface area contributed by atoms with Gasteiger partial charge in [-0.05, 0) is 30.0 Å². The number of pyridine rings is 1. The van der Waals surface area contributed by atoms with E-state index in [1.807, 2.05) is 0 Å². The van der Waals surface area contributed by atoms with Gasteiger partial charge in [0, 0.05) is 24.8 Å². The first-order chi connectivity index (χ1) is 16.0. The maximum Gasteiger partial charge on any atom is 0.315 e. The highest BCUT2D eigenvalue weighted by Gasteiger charge is 2.52. The van der Waals surface area contributed by atoms with Crippen LogP contribution < -0.4 is 5.32 Å². The number of rotatable bonds is 9. The van der Waals surface area contributed by atoms with Crippen LogP contribution in [-0.2, 0) is 20.4 Å². The van der Waals surface area contributed by atoms with Gasteiger partial charge in [-0.15, -0.1) is 0 Å². The van der Waals surface area contributed by atoms with Gasteiger partial charge >= 0.3 is 6.43 Å². The summed E-state index contributed by atoms with van der Waals surface area (Å²) in [4.78, 5) is 15.4. The number of halogens is 3. The molecule has 0 radical (unpaired) electrons. The van der Waals surface area contributed by atoms with Crippen LogP contribution in [-0.4, -0.2) is 71.3 Å². The highest BCUT2D eigenvalue weighted by Crippen LogP contribution is 2.39. The average Bonchev–Trinajstić information content (AvgIpc) is 3.66. The molecule has 1 saturated heterocycles. The third-order valence-electron chi connectivity index (χ3n) is 6.08. The number of β-amino-alcohol motifs (C(OH)–C–C–N with tert-alkyl or cyclic N) is 1. The third-order valence-corrected chi connectivity index (χ3v) is 8.37. The van der Waals surface area contributed by atoms with Crippen LogP contribution >= 0.6 is 0 Å². The fourth-order valence-electron chi connectivity index (χ4n) is 3.85. The quantitative estimate of drug-likeness (QED) is 0.481. The summed E-state index contributed by atoms with van der Waals surface area (Å²) in [6.07, 6.45) is -2.02. The van der Waals surface area contributed by atoms with E-state index in [4.69, 9.17) is 0 Å². The van der Waals surface area contributed by atoms with Crippen molar-refractivity contribution < 1.29 is 36.6 Å². The normalized spacial score (nSPS) is 19.9. The SMILES string of the molecule is O=C(NC(CF)C(O)c1ccc(-c2ccc(C3(O)CN(S(=O)(=O)C4CC4)C3)nc2)cc1)C(F)F. The van der Waals surface area contributed by atoms with Gasteiger partial charge in [0.25, 0.3) is 5.91 Å². The van der Waals surface area contributed by atoms with Crippen LogP contribution in [0.1, 0.15) is 30.2 Å². The Labute approximate surface area is 194 Å². The molecule has 12 heteroatoms. The van der Waals surface area contributed by atoms with Gasteiger partial charge in [0.1, 0.15) is 18.4 Å². The predicted octanol–water partition coefficient (Wildman–Crippen LogP) is 1.50. The van der Waals surface area contributed by atoms with E-state index in [0.717, 1.165) is 0 Å². The molecule has 0 bridgehead atoms. The number of nitrogens with zero attached hydrogens (tertiary/aromatic N) is 2. The molecule has 2 aromatic rings. The van der Waals surface area contributed by atoms with E-state index in [9.17, 15) is 36.6 Å². The number of sulfonamides is 1. The van der Waals surface area contributed by atoms with Gasteiger partial charge in [-0.3, -0.25) is 9.78 Å². The Bertz CT molecular complexity index is 1140. The molecule has 1 aromatic heterocycles. The molecule has 4 rings (SSSR count). The van der Waals surface area contributed by atoms with Crippen molar-refractivity contribution in [3.8, 4) is 11.1 Å². The van der Waals surface area contributed by atoms with Gasteiger partial charge in [-0.2, -0.15) is 13.1 Å². The summed E-state index contributed by atoms with van der Waals surface area (Å²) in [5, 5.41) is 22.4. The van der Waals surface area contributed by atoms with E-state index in [1.165, 1.54) is 22.6 Å². The Balaban J connectivity index is 1.41. The van der Waals surface area contributed by atoms with Crippen LogP contribution in [0.3, 0.4) is 0 Å². The molecule has 184 valence electrons. The molecule has 1 aromatic carbocycles. The summed E-state index contributed by atoms with van der Waals surface area (Å²) in [5.41, 5.74) is 0.584. The van der Waals surface area contributed by atoms with Gasteiger partial charge in [0.2, 0.25) is 10.0 Å². The van der Waals surface area contributed by atoms with Crippen molar-refractivity contribution >= 4 is 15.9 Å². The molecule has 34 heavy (non-hydrogen) atoms. The lowest BCUT2D eigenvalue weighted by Gasteiger charge is -2.44. The van der Waals surface area contributed by atoms with Crippen molar-refractivity contribution in [3.63, 3.8) is 0 Å². The van der Waals surface area contributed by atoms with Crippen LogP contribution in [0.5, 0.6) is 0 Å². The molecular weight excluding hydrogens is 475 g/mol. The number of hydrogen-bond acceptors (Lipinski definition) is 6. The minimum absolute atomic E-state index is 0.0391. The zero-order valence-electron chi connectivity index (χ0n) is 17.9. The van der Waals surface area contributed by atoms with E-state index in [-0.39, 0.29) is 23.9 Å². The molecule has 1 amide bonds. The molecule has 1 aliphatic heterocycles.